The van der Waals surface area contributed by atoms with E-state index < -0.39 is 24.4 Å². The van der Waals surface area contributed by atoms with Gasteiger partial charge in [-0.05, 0) is 91.3 Å². The second-order valence-corrected chi connectivity index (χ2v) is 11.7. The molecule has 0 spiro atoms. The maximum atomic E-state index is 11.7. The Morgan fingerprint density at radius 2 is 1.65 bits per heavy atom. The van der Waals surface area contributed by atoms with Crippen LogP contribution in [0.4, 0.5) is 0 Å². The van der Waals surface area contributed by atoms with Crippen molar-refractivity contribution >= 4 is 5.97 Å². The van der Waals surface area contributed by atoms with Gasteiger partial charge in [-0.2, -0.15) is 0 Å². The van der Waals surface area contributed by atoms with Gasteiger partial charge in [0.05, 0.1) is 31.5 Å². The Morgan fingerprint density at radius 3 is 2.32 bits per heavy atom. The predicted molar refractivity (Wildman–Crippen MR) is 116 cm³/mol. The standard InChI is InChI=1S/C25H42O6/c1-13(5-8-22(30)31-4)16-6-7-17-23-18(12-21(29)25(16,17)3)24(2)14(10-19(23)27)9-15(26)11-20(24)28/h13-21,23,26-29H,5-12H2,1-4H3. The number of carbonyl (C=O) groups is 1. The van der Waals surface area contributed by atoms with Crippen LogP contribution in [0.15, 0.2) is 0 Å². The van der Waals surface area contributed by atoms with Crippen molar-refractivity contribution in [1.82, 2.24) is 0 Å². The van der Waals surface area contributed by atoms with E-state index in [1.807, 2.05) is 0 Å². The van der Waals surface area contributed by atoms with Crippen LogP contribution in [0.1, 0.15) is 72.1 Å². The molecular weight excluding hydrogens is 396 g/mol. The van der Waals surface area contributed by atoms with Crippen molar-refractivity contribution in [3.8, 4) is 0 Å². The van der Waals surface area contributed by atoms with Crippen LogP contribution in [-0.2, 0) is 9.53 Å². The van der Waals surface area contributed by atoms with E-state index in [9.17, 15) is 25.2 Å². The summed E-state index contributed by atoms with van der Waals surface area (Å²) < 4.78 is 4.82. The molecule has 0 aromatic rings. The van der Waals surface area contributed by atoms with Crippen LogP contribution in [0, 0.1) is 46.3 Å². The first-order chi connectivity index (χ1) is 14.5. The Hall–Kier alpha value is -0.690. The van der Waals surface area contributed by atoms with Gasteiger partial charge in [-0.3, -0.25) is 4.79 Å². The van der Waals surface area contributed by atoms with Crippen molar-refractivity contribution in [1.29, 1.82) is 0 Å². The average Bonchev–Trinajstić information content (AvgIpc) is 3.07. The Morgan fingerprint density at radius 1 is 0.968 bits per heavy atom. The van der Waals surface area contributed by atoms with Crippen molar-refractivity contribution < 1.29 is 30.0 Å². The molecule has 12 unspecified atom stereocenters. The van der Waals surface area contributed by atoms with E-state index in [1.54, 1.807) is 0 Å². The molecule has 0 radical (unpaired) electrons. The minimum Gasteiger partial charge on any atom is -0.469 e. The highest BCUT2D eigenvalue weighted by atomic mass is 16.5. The molecule has 178 valence electrons. The highest BCUT2D eigenvalue weighted by Crippen LogP contribution is 2.68. The molecule has 4 aliphatic rings. The third-order valence-electron chi connectivity index (χ3n) is 10.6. The number of aliphatic hydroxyl groups is 4. The Balaban J connectivity index is 1.60. The second kappa shape index (κ2) is 8.27. The molecule has 0 bridgehead atoms. The van der Waals surface area contributed by atoms with Crippen LogP contribution >= 0.6 is 0 Å². The first kappa shape index (κ1) is 23.5. The number of hydrogen-bond acceptors (Lipinski definition) is 6. The molecule has 4 rings (SSSR count). The third kappa shape index (κ3) is 3.48. The molecule has 4 fully saturated rings. The fraction of sp³-hybridized carbons (Fsp3) is 0.960. The maximum absolute atomic E-state index is 11.7. The number of ether oxygens (including phenoxy) is 1. The first-order valence-electron chi connectivity index (χ1n) is 12.3. The van der Waals surface area contributed by atoms with Crippen molar-refractivity contribution in [3.05, 3.63) is 0 Å². The van der Waals surface area contributed by atoms with Gasteiger partial charge in [0, 0.05) is 6.42 Å². The fourth-order valence-corrected chi connectivity index (χ4v) is 8.85. The van der Waals surface area contributed by atoms with Crippen LogP contribution in [-0.4, -0.2) is 57.9 Å². The minimum atomic E-state index is -0.603. The molecule has 31 heavy (non-hydrogen) atoms. The van der Waals surface area contributed by atoms with E-state index in [4.69, 9.17) is 4.74 Å². The van der Waals surface area contributed by atoms with Gasteiger partial charge in [-0.15, -0.1) is 0 Å². The Kier molecular flexibility index (Phi) is 6.26. The van der Waals surface area contributed by atoms with E-state index in [2.05, 4.69) is 20.8 Å². The summed E-state index contributed by atoms with van der Waals surface area (Å²) >= 11 is 0. The van der Waals surface area contributed by atoms with E-state index in [0.29, 0.717) is 43.9 Å². The minimum absolute atomic E-state index is 0.0564. The average molecular weight is 439 g/mol. The normalized spacial score (nSPS) is 52.6. The van der Waals surface area contributed by atoms with Crippen molar-refractivity contribution in [3.63, 3.8) is 0 Å². The molecular formula is C25H42O6. The van der Waals surface area contributed by atoms with Crippen LogP contribution in [0.3, 0.4) is 0 Å². The van der Waals surface area contributed by atoms with Gasteiger partial charge in [0.2, 0.25) is 0 Å². The lowest BCUT2D eigenvalue weighted by atomic mass is 9.42. The van der Waals surface area contributed by atoms with Crippen LogP contribution in [0.2, 0.25) is 0 Å². The maximum Gasteiger partial charge on any atom is 0.305 e. The van der Waals surface area contributed by atoms with Gasteiger partial charge >= 0.3 is 5.97 Å². The van der Waals surface area contributed by atoms with Crippen LogP contribution < -0.4 is 0 Å². The SMILES string of the molecule is COC(=O)CCC(C)C1CCC2C3C(O)CC4CC(O)CC(O)C4(C)C3CC(O)C12C. The highest BCUT2D eigenvalue weighted by Gasteiger charge is 2.67. The topological polar surface area (TPSA) is 107 Å². The molecule has 0 saturated heterocycles. The number of hydrogen-bond donors (Lipinski definition) is 4. The quantitative estimate of drug-likeness (QED) is 0.503. The predicted octanol–water partition coefficient (Wildman–Crippen LogP) is 2.51. The van der Waals surface area contributed by atoms with Gasteiger partial charge < -0.3 is 25.2 Å². The number of fused-ring (bicyclic) bond motifs is 5. The summed E-state index contributed by atoms with van der Waals surface area (Å²) in [6.07, 6.45) is 3.28. The molecule has 12 atom stereocenters. The summed E-state index contributed by atoms with van der Waals surface area (Å²) in [6, 6.07) is 0. The van der Waals surface area contributed by atoms with Gasteiger partial charge in [-0.25, -0.2) is 0 Å². The third-order valence-corrected chi connectivity index (χ3v) is 10.6. The molecule has 6 heteroatoms. The van der Waals surface area contributed by atoms with Gasteiger partial charge in [0.1, 0.15) is 0 Å². The molecule has 4 saturated carbocycles. The van der Waals surface area contributed by atoms with Gasteiger partial charge in [-0.1, -0.05) is 20.8 Å². The van der Waals surface area contributed by atoms with Crippen molar-refractivity contribution in [2.75, 3.05) is 7.11 Å². The lowest BCUT2D eigenvalue weighted by Crippen LogP contribution is -2.65. The molecule has 0 amide bonds. The number of carbonyl (C=O) groups excluding carboxylic acids is 1. The number of methoxy groups -OCH3 is 1. The summed E-state index contributed by atoms with van der Waals surface area (Å²) in [5.74, 6) is 0.812. The van der Waals surface area contributed by atoms with Crippen molar-refractivity contribution in [2.45, 2.75) is 96.6 Å². The summed E-state index contributed by atoms with van der Waals surface area (Å²) in [7, 11) is 1.42. The van der Waals surface area contributed by atoms with E-state index in [-0.39, 0.29) is 40.5 Å². The molecule has 4 aliphatic carbocycles. The molecule has 0 aliphatic heterocycles. The van der Waals surface area contributed by atoms with Crippen LogP contribution in [0.25, 0.3) is 0 Å². The number of rotatable bonds is 4. The number of aliphatic hydroxyl groups excluding tert-OH is 4. The second-order valence-electron chi connectivity index (χ2n) is 11.7. The summed E-state index contributed by atoms with van der Waals surface area (Å²) in [5, 5.41) is 44.2. The summed E-state index contributed by atoms with van der Waals surface area (Å²) in [5.41, 5.74) is -0.667. The largest absolute Gasteiger partial charge is 0.469 e. The first-order valence-corrected chi connectivity index (χ1v) is 12.3. The molecule has 0 aromatic carbocycles. The Labute approximate surface area is 186 Å². The van der Waals surface area contributed by atoms with Crippen molar-refractivity contribution in [2.24, 2.45) is 46.3 Å². The molecule has 4 N–H and O–H groups in total. The smallest absolute Gasteiger partial charge is 0.305 e. The van der Waals surface area contributed by atoms with Gasteiger partial charge in [0.15, 0.2) is 0 Å². The summed E-state index contributed by atoms with van der Waals surface area (Å²) in [4.78, 5) is 11.7. The monoisotopic (exact) mass is 438 g/mol. The Bertz CT molecular complexity index is 683. The van der Waals surface area contributed by atoms with Gasteiger partial charge in [0.25, 0.3) is 0 Å². The highest BCUT2D eigenvalue weighted by molar-refractivity contribution is 5.69. The fourth-order valence-electron chi connectivity index (χ4n) is 8.85. The lowest BCUT2D eigenvalue weighted by molar-refractivity contribution is -0.234. The number of esters is 1. The summed E-state index contributed by atoms with van der Waals surface area (Å²) in [6.45, 7) is 6.52. The zero-order valence-electron chi connectivity index (χ0n) is 19.5. The molecule has 6 nitrogen and oxygen atoms in total. The molecule has 0 heterocycles. The van der Waals surface area contributed by atoms with E-state index >= 15 is 0 Å². The van der Waals surface area contributed by atoms with E-state index in [0.717, 1.165) is 19.3 Å². The molecule has 0 aromatic heterocycles. The zero-order chi connectivity index (χ0) is 22.7. The van der Waals surface area contributed by atoms with E-state index in [1.165, 1.54) is 7.11 Å². The zero-order valence-corrected chi connectivity index (χ0v) is 19.5. The van der Waals surface area contributed by atoms with Crippen LogP contribution in [0.5, 0.6) is 0 Å². The lowest BCUT2D eigenvalue weighted by Gasteiger charge is -2.64.